The fourth-order valence-corrected chi connectivity index (χ4v) is 3.81. The minimum Gasteiger partial charge on any atom is -0.481 e. The molecule has 5 heteroatoms. The summed E-state index contributed by atoms with van der Waals surface area (Å²) in [4.78, 5) is 8.62. The summed E-state index contributed by atoms with van der Waals surface area (Å²) in [7, 11) is 3.45. The zero-order valence-corrected chi connectivity index (χ0v) is 15.7. The summed E-state index contributed by atoms with van der Waals surface area (Å²) in [6.07, 6.45) is 6.75. The maximum atomic E-state index is 5.31. The number of rotatable bonds is 6. The summed E-state index contributed by atoms with van der Waals surface area (Å²) in [5.41, 5.74) is 2.64. The Kier molecular flexibility index (Phi) is 6.10. The van der Waals surface area contributed by atoms with Gasteiger partial charge in [-0.15, -0.1) is 0 Å². The van der Waals surface area contributed by atoms with Crippen molar-refractivity contribution in [3.8, 4) is 5.88 Å². The predicted octanol–water partition coefficient (Wildman–Crippen LogP) is 3.27. The fraction of sp³-hybridized carbons (Fsp3) is 0.429. The van der Waals surface area contributed by atoms with Gasteiger partial charge < -0.3 is 15.4 Å². The zero-order valence-electron chi connectivity index (χ0n) is 15.7. The molecule has 1 fully saturated rings. The molecule has 1 aliphatic rings. The predicted molar refractivity (Wildman–Crippen MR) is 106 cm³/mol. The van der Waals surface area contributed by atoms with Crippen molar-refractivity contribution in [1.29, 1.82) is 0 Å². The lowest BCUT2D eigenvalue weighted by molar-refractivity contribution is 0.391. The first-order chi connectivity index (χ1) is 12.8. The van der Waals surface area contributed by atoms with Crippen LogP contribution in [0.3, 0.4) is 0 Å². The van der Waals surface area contributed by atoms with Crippen LogP contribution in [-0.4, -0.2) is 31.6 Å². The smallest absolute Gasteiger partial charge is 0.218 e. The molecule has 0 spiro atoms. The third-order valence-electron chi connectivity index (χ3n) is 5.25. The number of hydrogen-bond donors (Lipinski definition) is 2. The van der Waals surface area contributed by atoms with Gasteiger partial charge in [-0.2, -0.15) is 0 Å². The van der Waals surface area contributed by atoms with Gasteiger partial charge in [0.15, 0.2) is 5.96 Å². The summed E-state index contributed by atoms with van der Waals surface area (Å²) in [6, 6.07) is 14.8. The van der Waals surface area contributed by atoms with E-state index in [1.165, 1.54) is 31.2 Å². The molecule has 2 aromatic rings. The third-order valence-corrected chi connectivity index (χ3v) is 5.25. The van der Waals surface area contributed by atoms with E-state index in [2.05, 4.69) is 50.9 Å². The van der Waals surface area contributed by atoms with E-state index in [1.54, 1.807) is 20.4 Å². The summed E-state index contributed by atoms with van der Waals surface area (Å²) >= 11 is 0. The monoisotopic (exact) mass is 352 g/mol. The molecule has 0 aliphatic heterocycles. The van der Waals surface area contributed by atoms with E-state index in [4.69, 9.17) is 4.74 Å². The van der Waals surface area contributed by atoms with Crippen LogP contribution in [0.4, 0.5) is 0 Å². The van der Waals surface area contributed by atoms with Gasteiger partial charge in [0.2, 0.25) is 5.88 Å². The molecule has 1 aromatic heterocycles. The minimum atomic E-state index is 0.199. The van der Waals surface area contributed by atoms with Crippen molar-refractivity contribution in [3.63, 3.8) is 0 Å². The van der Waals surface area contributed by atoms with E-state index in [9.17, 15) is 0 Å². The maximum absolute atomic E-state index is 5.31. The average molecular weight is 352 g/mol. The molecule has 1 heterocycles. The van der Waals surface area contributed by atoms with Gasteiger partial charge in [0, 0.05) is 37.3 Å². The van der Waals surface area contributed by atoms with Gasteiger partial charge in [-0.25, -0.2) is 4.98 Å². The van der Waals surface area contributed by atoms with E-state index < -0.39 is 0 Å². The summed E-state index contributed by atoms with van der Waals surface area (Å²) < 4.78 is 5.31. The number of aliphatic imine (C=N–C) groups is 1. The van der Waals surface area contributed by atoms with Crippen LogP contribution in [0.5, 0.6) is 5.88 Å². The van der Waals surface area contributed by atoms with Crippen molar-refractivity contribution >= 4 is 5.96 Å². The van der Waals surface area contributed by atoms with Gasteiger partial charge in [-0.3, -0.25) is 4.99 Å². The van der Waals surface area contributed by atoms with Crippen molar-refractivity contribution in [2.45, 2.75) is 37.6 Å². The summed E-state index contributed by atoms with van der Waals surface area (Å²) in [6.45, 7) is 1.51. The quantitative estimate of drug-likeness (QED) is 0.619. The fourth-order valence-electron chi connectivity index (χ4n) is 3.81. The molecule has 0 bridgehead atoms. The average Bonchev–Trinajstić information content (AvgIpc) is 3.19. The molecule has 0 unspecified atom stereocenters. The molecule has 3 rings (SSSR count). The molecule has 0 atom stereocenters. The largest absolute Gasteiger partial charge is 0.481 e. The third kappa shape index (κ3) is 4.15. The lowest BCUT2D eigenvalue weighted by Crippen LogP contribution is -2.44. The molecule has 0 amide bonds. The molecular formula is C21H28N4O. The Morgan fingerprint density at radius 3 is 2.58 bits per heavy atom. The number of nitrogens with one attached hydrogen (secondary N) is 2. The molecule has 2 N–H and O–H groups in total. The van der Waals surface area contributed by atoms with Crippen LogP contribution in [0.1, 0.15) is 36.8 Å². The Morgan fingerprint density at radius 2 is 1.88 bits per heavy atom. The first-order valence-corrected chi connectivity index (χ1v) is 9.25. The molecule has 5 nitrogen and oxygen atoms in total. The van der Waals surface area contributed by atoms with Gasteiger partial charge >= 0.3 is 0 Å². The van der Waals surface area contributed by atoms with Crippen LogP contribution in [0.15, 0.2) is 53.7 Å². The topological polar surface area (TPSA) is 58.5 Å². The van der Waals surface area contributed by atoms with Gasteiger partial charge in [-0.05, 0) is 24.5 Å². The number of methoxy groups -OCH3 is 1. The Morgan fingerprint density at radius 1 is 1.12 bits per heavy atom. The summed E-state index contributed by atoms with van der Waals surface area (Å²) in [5.74, 6) is 1.45. The molecule has 1 saturated carbocycles. The number of guanidine groups is 1. The zero-order chi connectivity index (χ0) is 18.2. The highest BCUT2D eigenvalue weighted by Crippen LogP contribution is 2.40. The highest BCUT2D eigenvalue weighted by atomic mass is 16.5. The molecule has 138 valence electrons. The number of benzene rings is 1. The van der Waals surface area contributed by atoms with E-state index in [-0.39, 0.29) is 5.41 Å². The van der Waals surface area contributed by atoms with E-state index >= 15 is 0 Å². The van der Waals surface area contributed by atoms with Gasteiger partial charge in [0.1, 0.15) is 0 Å². The highest BCUT2D eigenvalue weighted by Gasteiger charge is 2.35. The second-order valence-corrected chi connectivity index (χ2v) is 6.80. The molecule has 0 saturated heterocycles. The normalized spacial score (nSPS) is 16.3. The summed E-state index contributed by atoms with van der Waals surface area (Å²) in [5, 5.41) is 6.91. The Bertz CT molecular complexity index is 724. The van der Waals surface area contributed by atoms with Crippen molar-refractivity contribution < 1.29 is 4.74 Å². The van der Waals surface area contributed by atoms with Crippen molar-refractivity contribution in [3.05, 3.63) is 59.8 Å². The number of aromatic nitrogens is 1. The van der Waals surface area contributed by atoms with E-state index in [0.717, 1.165) is 18.1 Å². The van der Waals surface area contributed by atoms with Crippen LogP contribution in [-0.2, 0) is 12.0 Å². The first kappa shape index (κ1) is 18.2. The number of hydrogen-bond acceptors (Lipinski definition) is 3. The number of pyridine rings is 1. The minimum absolute atomic E-state index is 0.199. The number of nitrogens with zero attached hydrogens (tertiary/aromatic N) is 2. The SMILES string of the molecule is CN=C(NCc1cccnc1OC)NCC1(c2ccccc2)CCCC1. The van der Waals surface area contributed by atoms with Gasteiger partial charge in [-0.1, -0.05) is 49.2 Å². The van der Waals surface area contributed by atoms with Crippen LogP contribution in [0, 0.1) is 0 Å². The number of ether oxygens (including phenoxy) is 1. The molecule has 0 radical (unpaired) electrons. The second kappa shape index (κ2) is 8.70. The maximum Gasteiger partial charge on any atom is 0.218 e. The van der Waals surface area contributed by atoms with E-state index in [1.807, 2.05) is 12.1 Å². The molecule has 26 heavy (non-hydrogen) atoms. The lowest BCUT2D eigenvalue weighted by atomic mass is 9.79. The lowest BCUT2D eigenvalue weighted by Gasteiger charge is -2.30. The second-order valence-electron chi connectivity index (χ2n) is 6.80. The van der Waals surface area contributed by atoms with Crippen molar-refractivity contribution in [1.82, 2.24) is 15.6 Å². The van der Waals surface area contributed by atoms with Crippen LogP contribution in [0.25, 0.3) is 0 Å². The molecule has 1 aliphatic carbocycles. The molecular weight excluding hydrogens is 324 g/mol. The van der Waals surface area contributed by atoms with Crippen LogP contribution >= 0.6 is 0 Å². The Labute approximate surface area is 155 Å². The Hall–Kier alpha value is -2.56. The van der Waals surface area contributed by atoms with Crippen molar-refractivity contribution in [2.24, 2.45) is 4.99 Å². The van der Waals surface area contributed by atoms with Gasteiger partial charge in [0.05, 0.1) is 7.11 Å². The standard InChI is InChI=1S/C21H28N4O/c1-22-20(24-15-17-9-8-14-23-19(17)26-2)25-16-21(12-6-7-13-21)18-10-4-3-5-11-18/h3-5,8-11,14H,6-7,12-13,15-16H2,1-2H3,(H2,22,24,25). The van der Waals surface area contributed by atoms with Crippen LogP contribution < -0.4 is 15.4 Å². The Balaban J connectivity index is 1.63. The van der Waals surface area contributed by atoms with Crippen molar-refractivity contribution in [2.75, 3.05) is 20.7 Å². The first-order valence-electron chi connectivity index (χ1n) is 9.25. The van der Waals surface area contributed by atoms with E-state index in [0.29, 0.717) is 12.4 Å². The molecule has 1 aromatic carbocycles. The van der Waals surface area contributed by atoms with Crippen LogP contribution in [0.2, 0.25) is 0 Å². The highest BCUT2D eigenvalue weighted by molar-refractivity contribution is 5.79. The van der Waals surface area contributed by atoms with Gasteiger partial charge in [0.25, 0.3) is 0 Å².